The van der Waals surface area contributed by atoms with Gasteiger partial charge in [0.1, 0.15) is 0 Å². The zero-order valence-electron chi connectivity index (χ0n) is 12.0. The molecule has 5 heteroatoms. The van der Waals surface area contributed by atoms with Gasteiger partial charge < -0.3 is 10.0 Å². The fourth-order valence-electron chi connectivity index (χ4n) is 2.64. The van der Waals surface area contributed by atoms with Gasteiger partial charge in [0.05, 0.1) is 11.8 Å². The van der Waals surface area contributed by atoms with Crippen molar-refractivity contribution < 1.29 is 9.90 Å². The van der Waals surface area contributed by atoms with E-state index < -0.39 is 0 Å². The fourth-order valence-corrected chi connectivity index (χ4v) is 2.64. The van der Waals surface area contributed by atoms with Crippen LogP contribution in [0.3, 0.4) is 0 Å². The van der Waals surface area contributed by atoms with Gasteiger partial charge in [0, 0.05) is 19.3 Å². The summed E-state index contributed by atoms with van der Waals surface area (Å²) in [6, 6.07) is 11.4. The van der Waals surface area contributed by atoms with Crippen molar-refractivity contribution in [3.63, 3.8) is 0 Å². The van der Waals surface area contributed by atoms with Gasteiger partial charge in [-0.2, -0.15) is 5.10 Å². The number of carbonyl (C=O) groups is 1. The first-order chi connectivity index (χ1) is 10.1. The molecule has 1 saturated heterocycles. The summed E-state index contributed by atoms with van der Waals surface area (Å²) in [5, 5.41) is 14.1. The predicted molar refractivity (Wildman–Crippen MR) is 79.3 cm³/mol. The van der Waals surface area contributed by atoms with Crippen LogP contribution in [0, 0.1) is 5.92 Å². The average Bonchev–Trinajstić information content (AvgIpc) is 3.00. The van der Waals surface area contributed by atoms with Gasteiger partial charge in [-0.05, 0) is 30.5 Å². The molecule has 21 heavy (non-hydrogen) atoms. The number of aliphatic hydroxyl groups is 1. The van der Waals surface area contributed by atoms with E-state index in [0.29, 0.717) is 25.2 Å². The second kappa shape index (κ2) is 5.69. The van der Waals surface area contributed by atoms with E-state index in [2.05, 4.69) is 5.10 Å². The Hall–Kier alpha value is -2.14. The maximum atomic E-state index is 12.5. The number of amides is 1. The zero-order valence-corrected chi connectivity index (χ0v) is 12.0. The second-order valence-corrected chi connectivity index (χ2v) is 5.57. The first kappa shape index (κ1) is 13.8. The average molecular weight is 285 g/mol. The van der Waals surface area contributed by atoms with Crippen molar-refractivity contribution in [1.82, 2.24) is 14.7 Å². The Labute approximate surface area is 123 Å². The van der Waals surface area contributed by atoms with Crippen molar-refractivity contribution in [1.29, 1.82) is 0 Å². The molecule has 0 aliphatic carbocycles. The standard InChI is InChI=1S/C16H19N3O2/c1-12-11-18(9-8-15(12)20)16(21)14-7-10-19(17-14)13-5-3-2-4-6-13/h2-7,10,12,15,20H,8-9,11H2,1H3. The summed E-state index contributed by atoms with van der Waals surface area (Å²) >= 11 is 0. The quantitative estimate of drug-likeness (QED) is 0.914. The summed E-state index contributed by atoms with van der Waals surface area (Å²) in [5.74, 6) is 0.0438. The molecule has 1 aliphatic heterocycles. The number of aromatic nitrogens is 2. The Morgan fingerprint density at radius 2 is 2.05 bits per heavy atom. The van der Waals surface area contributed by atoms with Crippen molar-refractivity contribution in [2.45, 2.75) is 19.4 Å². The summed E-state index contributed by atoms with van der Waals surface area (Å²) in [7, 11) is 0. The van der Waals surface area contributed by atoms with Gasteiger partial charge in [-0.1, -0.05) is 25.1 Å². The van der Waals surface area contributed by atoms with Gasteiger partial charge in [-0.25, -0.2) is 4.68 Å². The van der Waals surface area contributed by atoms with Gasteiger partial charge in [-0.15, -0.1) is 0 Å². The van der Waals surface area contributed by atoms with Crippen LogP contribution in [0.25, 0.3) is 5.69 Å². The summed E-state index contributed by atoms with van der Waals surface area (Å²) in [5.41, 5.74) is 1.38. The van der Waals surface area contributed by atoms with Gasteiger partial charge in [0.15, 0.2) is 5.69 Å². The first-order valence-corrected chi connectivity index (χ1v) is 7.23. The lowest BCUT2D eigenvalue weighted by Crippen LogP contribution is -2.45. The van der Waals surface area contributed by atoms with Crippen LogP contribution < -0.4 is 0 Å². The molecule has 5 nitrogen and oxygen atoms in total. The number of para-hydroxylation sites is 1. The molecule has 1 fully saturated rings. The Balaban J connectivity index is 1.76. The van der Waals surface area contributed by atoms with E-state index in [-0.39, 0.29) is 17.9 Å². The van der Waals surface area contributed by atoms with Crippen molar-refractivity contribution >= 4 is 5.91 Å². The van der Waals surface area contributed by atoms with E-state index in [1.165, 1.54) is 0 Å². The molecule has 1 amide bonds. The highest BCUT2D eigenvalue weighted by Crippen LogP contribution is 2.18. The summed E-state index contributed by atoms with van der Waals surface area (Å²) in [6.07, 6.45) is 2.12. The lowest BCUT2D eigenvalue weighted by molar-refractivity contribution is 0.0294. The molecule has 0 spiro atoms. The smallest absolute Gasteiger partial charge is 0.274 e. The van der Waals surface area contributed by atoms with Crippen LogP contribution >= 0.6 is 0 Å². The monoisotopic (exact) mass is 285 g/mol. The topological polar surface area (TPSA) is 58.4 Å². The lowest BCUT2D eigenvalue weighted by atomic mass is 9.96. The van der Waals surface area contributed by atoms with Crippen LogP contribution in [0.1, 0.15) is 23.8 Å². The van der Waals surface area contributed by atoms with Crippen LogP contribution in [0.15, 0.2) is 42.6 Å². The summed E-state index contributed by atoms with van der Waals surface area (Å²) in [6.45, 7) is 3.13. The number of carbonyl (C=O) groups excluding carboxylic acids is 1. The van der Waals surface area contributed by atoms with E-state index in [9.17, 15) is 9.90 Å². The predicted octanol–water partition coefficient (Wildman–Crippen LogP) is 1.72. The molecule has 2 heterocycles. The Morgan fingerprint density at radius 1 is 1.29 bits per heavy atom. The number of piperidine rings is 1. The third kappa shape index (κ3) is 2.83. The highest BCUT2D eigenvalue weighted by molar-refractivity contribution is 5.92. The van der Waals surface area contributed by atoms with Crippen LogP contribution in [0.5, 0.6) is 0 Å². The van der Waals surface area contributed by atoms with E-state index in [1.807, 2.05) is 37.3 Å². The molecular weight excluding hydrogens is 266 g/mol. The molecule has 2 aromatic rings. The number of hydrogen-bond donors (Lipinski definition) is 1. The number of rotatable bonds is 2. The molecule has 1 aliphatic rings. The maximum Gasteiger partial charge on any atom is 0.274 e. The minimum absolute atomic E-state index is 0.0663. The van der Waals surface area contributed by atoms with Crippen molar-refractivity contribution in [2.75, 3.05) is 13.1 Å². The molecule has 1 aromatic heterocycles. The van der Waals surface area contributed by atoms with Crippen molar-refractivity contribution in [2.24, 2.45) is 5.92 Å². The molecule has 3 rings (SSSR count). The molecule has 1 N–H and O–H groups in total. The van der Waals surface area contributed by atoms with Gasteiger partial charge in [-0.3, -0.25) is 4.79 Å². The second-order valence-electron chi connectivity index (χ2n) is 5.57. The van der Waals surface area contributed by atoms with E-state index in [1.54, 1.807) is 21.8 Å². The summed E-state index contributed by atoms with van der Waals surface area (Å²) in [4.78, 5) is 14.2. The zero-order chi connectivity index (χ0) is 14.8. The van der Waals surface area contributed by atoms with Gasteiger partial charge in [0.2, 0.25) is 0 Å². The number of benzene rings is 1. The van der Waals surface area contributed by atoms with E-state index >= 15 is 0 Å². The molecule has 110 valence electrons. The molecule has 2 unspecified atom stereocenters. The molecule has 0 bridgehead atoms. The normalized spacial score (nSPS) is 22.3. The Morgan fingerprint density at radius 3 is 2.76 bits per heavy atom. The number of hydrogen-bond acceptors (Lipinski definition) is 3. The maximum absolute atomic E-state index is 12.5. The summed E-state index contributed by atoms with van der Waals surface area (Å²) < 4.78 is 1.70. The molecule has 0 saturated carbocycles. The molecule has 2 atom stereocenters. The fraction of sp³-hybridized carbons (Fsp3) is 0.375. The number of aliphatic hydroxyl groups excluding tert-OH is 1. The van der Waals surface area contributed by atoms with Crippen LogP contribution in [-0.4, -0.2) is 44.9 Å². The highest BCUT2D eigenvalue weighted by atomic mass is 16.3. The van der Waals surface area contributed by atoms with Crippen LogP contribution in [-0.2, 0) is 0 Å². The van der Waals surface area contributed by atoms with Gasteiger partial charge >= 0.3 is 0 Å². The van der Waals surface area contributed by atoms with Crippen molar-refractivity contribution in [3.8, 4) is 5.69 Å². The lowest BCUT2D eigenvalue weighted by Gasteiger charge is -2.33. The third-order valence-electron chi connectivity index (χ3n) is 3.98. The number of nitrogens with zero attached hydrogens (tertiary/aromatic N) is 3. The largest absolute Gasteiger partial charge is 0.393 e. The molecule has 0 radical (unpaired) electrons. The SMILES string of the molecule is CC1CN(C(=O)c2ccn(-c3ccccc3)n2)CCC1O. The van der Waals surface area contributed by atoms with Crippen molar-refractivity contribution in [3.05, 3.63) is 48.3 Å². The first-order valence-electron chi connectivity index (χ1n) is 7.23. The molecular formula is C16H19N3O2. The Bertz CT molecular complexity index is 623. The van der Waals surface area contributed by atoms with E-state index in [0.717, 1.165) is 5.69 Å². The third-order valence-corrected chi connectivity index (χ3v) is 3.98. The van der Waals surface area contributed by atoms with Crippen LogP contribution in [0.4, 0.5) is 0 Å². The Kier molecular flexibility index (Phi) is 3.75. The minimum Gasteiger partial charge on any atom is -0.393 e. The van der Waals surface area contributed by atoms with Crippen LogP contribution in [0.2, 0.25) is 0 Å². The highest BCUT2D eigenvalue weighted by Gasteiger charge is 2.28. The minimum atomic E-state index is -0.309. The molecule has 1 aromatic carbocycles. The van der Waals surface area contributed by atoms with Gasteiger partial charge in [0.25, 0.3) is 5.91 Å². The van der Waals surface area contributed by atoms with E-state index in [4.69, 9.17) is 0 Å². The number of likely N-dealkylation sites (tertiary alicyclic amines) is 1.